The van der Waals surface area contributed by atoms with Gasteiger partial charge in [0, 0.05) is 17.2 Å². The fraction of sp³-hybridized carbons (Fsp3) is 0.200. The number of rotatable bonds is 4. The maximum Gasteiger partial charge on any atom is 0.232 e. The first-order chi connectivity index (χ1) is 13.0. The lowest BCUT2D eigenvalue weighted by Crippen LogP contribution is -1.97. The molecule has 0 saturated carbocycles. The molecule has 0 N–H and O–H groups in total. The molecule has 27 heavy (non-hydrogen) atoms. The minimum atomic E-state index is -0.401. The predicted molar refractivity (Wildman–Crippen MR) is 105 cm³/mol. The number of aryl methyl sites for hydroxylation is 2. The van der Waals surface area contributed by atoms with E-state index >= 15 is 0 Å². The lowest BCUT2D eigenvalue weighted by molar-refractivity contribution is 0.340. The van der Waals surface area contributed by atoms with Crippen LogP contribution in [0.4, 0.5) is 4.39 Å². The number of thiazole rings is 1. The van der Waals surface area contributed by atoms with Gasteiger partial charge < -0.3 is 9.47 Å². The first kappa shape index (κ1) is 17.6. The van der Waals surface area contributed by atoms with Crippen molar-refractivity contribution in [2.75, 3.05) is 13.7 Å². The second-order valence-electron chi connectivity index (χ2n) is 6.12. The zero-order valence-electron chi connectivity index (χ0n) is 15.2. The van der Waals surface area contributed by atoms with Gasteiger partial charge in [-0.25, -0.2) is 19.3 Å². The van der Waals surface area contributed by atoms with E-state index < -0.39 is 5.82 Å². The summed E-state index contributed by atoms with van der Waals surface area (Å²) < 4.78 is 25.8. The van der Waals surface area contributed by atoms with Crippen LogP contribution in [0.5, 0.6) is 11.6 Å². The molecule has 0 aliphatic carbocycles. The van der Waals surface area contributed by atoms with Crippen LogP contribution in [0.3, 0.4) is 0 Å². The number of benzene rings is 2. The molecule has 5 nitrogen and oxygen atoms in total. The van der Waals surface area contributed by atoms with Gasteiger partial charge in [-0.15, -0.1) is 11.3 Å². The highest BCUT2D eigenvalue weighted by Gasteiger charge is 2.18. The van der Waals surface area contributed by atoms with Gasteiger partial charge in [-0.1, -0.05) is 0 Å². The number of hydrogen-bond donors (Lipinski definition) is 0. The molecule has 4 rings (SSSR count). The van der Waals surface area contributed by atoms with Gasteiger partial charge in [-0.3, -0.25) is 0 Å². The lowest BCUT2D eigenvalue weighted by atomic mass is 10.1. The van der Waals surface area contributed by atoms with E-state index in [2.05, 4.69) is 21.9 Å². The average molecular weight is 382 g/mol. The number of nitrogens with zero attached hydrogens (tertiary/aromatic N) is 3. The van der Waals surface area contributed by atoms with Gasteiger partial charge >= 0.3 is 0 Å². The molecule has 0 amide bonds. The molecule has 0 spiro atoms. The van der Waals surface area contributed by atoms with Gasteiger partial charge in [0.15, 0.2) is 11.6 Å². The Labute approximate surface area is 159 Å². The van der Waals surface area contributed by atoms with Gasteiger partial charge in [-0.2, -0.15) is 0 Å². The van der Waals surface area contributed by atoms with Crippen molar-refractivity contribution >= 4 is 32.6 Å². The topological polar surface area (TPSA) is 57.1 Å². The summed E-state index contributed by atoms with van der Waals surface area (Å²) in [4.78, 5) is 13.7. The normalized spacial score (nSPS) is 11.3. The summed E-state index contributed by atoms with van der Waals surface area (Å²) in [6.07, 6.45) is 1.58. The molecular formula is C20H17FN3O2S. The van der Waals surface area contributed by atoms with Crippen molar-refractivity contribution in [2.24, 2.45) is 0 Å². The molecule has 0 saturated heterocycles. The van der Waals surface area contributed by atoms with Gasteiger partial charge in [-0.05, 0) is 38.5 Å². The third-order valence-corrected chi connectivity index (χ3v) is 5.32. The number of ether oxygens (including phenoxy) is 2. The van der Waals surface area contributed by atoms with Crippen molar-refractivity contribution in [1.29, 1.82) is 0 Å². The van der Waals surface area contributed by atoms with Crippen LogP contribution in [0.2, 0.25) is 0 Å². The van der Waals surface area contributed by atoms with E-state index in [9.17, 15) is 4.39 Å². The minimum absolute atomic E-state index is 0.160. The Bertz CT molecular complexity index is 1170. The van der Waals surface area contributed by atoms with Crippen molar-refractivity contribution in [3.63, 3.8) is 0 Å². The molecule has 0 fully saturated rings. The van der Waals surface area contributed by atoms with Crippen LogP contribution < -0.4 is 9.47 Å². The molecule has 4 aromatic rings. The van der Waals surface area contributed by atoms with E-state index in [1.165, 1.54) is 11.3 Å². The van der Waals surface area contributed by atoms with E-state index in [-0.39, 0.29) is 12.4 Å². The maximum absolute atomic E-state index is 14.5. The highest BCUT2D eigenvalue weighted by atomic mass is 32.1. The van der Waals surface area contributed by atoms with Crippen molar-refractivity contribution in [1.82, 2.24) is 15.0 Å². The highest BCUT2D eigenvalue weighted by molar-refractivity contribution is 7.21. The summed E-state index contributed by atoms with van der Waals surface area (Å²) in [5.74, 6) is 0.252. The van der Waals surface area contributed by atoms with Crippen LogP contribution in [-0.2, 0) is 0 Å². The van der Waals surface area contributed by atoms with Gasteiger partial charge in [0.25, 0.3) is 0 Å². The number of methoxy groups -OCH3 is 1. The van der Waals surface area contributed by atoms with Crippen LogP contribution in [0.25, 0.3) is 31.8 Å². The van der Waals surface area contributed by atoms with Crippen LogP contribution in [-0.4, -0.2) is 28.7 Å². The second-order valence-corrected chi connectivity index (χ2v) is 7.15. The van der Waals surface area contributed by atoms with Gasteiger partial charge in [0.2, 0.25) is 5.88 Å². The SMILES string of the molecule is [CH2]COc1cc2sc(-c3cc(C)cc4nc(OC)cnc34)nc2c(C)c1F. The first-order valence-corrected chi connectivity index (χ1v) is 9.17. The van der Waals surface area contributed by atoms with Gasteiger partial charge in [0.05, 0.1) is 41.2 Å². The van der Waals surface area contributed by atoms with Crippen molar-refractivity contribution in [3.05, 3.63) is 48.3 Å². The average Bonchev–Trinajstić information content (AvgIpc) is 3.09. The van der Waals surface area contributed by atoms with E-state index in [1.54, 1.807) is 26.3 Å². The summed E-state index contributed by atoms with van der Waals surface area (Å²) in [7, 11) is 1.56. The Morgan fingerprint density at radius 3 is 2.70 bits per heavy atom. The van der Waals surface area contributed by atoms with Gasteiger partial charge in [0.1, 0.15) is 5.01 Å². The molecule has 0 atom stereocenters. The predicted octanol–water partition coefficient (Wildman–Crippen LogP) is 4.88. The Morgan fingerprint density at radius 1 is 1.15 bits per heavy atom. The quantitative estimate of drug-likeness (QED) is 0.503. The van der Waals surface area contributed by atoms with Crippen molar-refractivity contribution in [2.45, 2.75) is 13.8 Å². The molecule has 0 unspecified atom stereocenters. The summed E-state index contributed by atoms with van der Waals surface area (Å²) >= 11 is 1.47. The van der Waals surface area contributed by atoms with Crippen molar-refractivity contribution in [3.8, 4) is 22.2 Å². The molecule has 0 aliphatic rings. The number of fused-ring (bicyclic) bond motifs is 2. The summed E-state index contributed by atoms with van der Waals surface area (Å²) in [5.41, 5.74) is 4.44. The first-order valence-electron chi connectivity index (χ1n) is 8.35. The molecule has 0 bridgehead atoms. The Kier molecular flexibility index (Phi) is 4.39. The molecular weight excluding hydrogens is 365 g/mol. The number of hydrogen-bond acceptors (Lipinski definition) is 6. The molecule has 1 radical (unpaired) electrons. The zero-order chi connectivity index (χ0) is 19.1. The fourth-order valence-electron chi connectivity index (χ4n) is 3.01. The largest absolute Gasteiger partial charge is 0.490 e. The van der Waals surface area contributed by atoms with E-state index in [0.717, 1.165) is 31.9 Å². The molecule has 7 heteroatoms. The molecule has 2 heterocycles. The minimum Gasteiger partial charge on any atom is -0.490 e. The van der Waals surface area contributed by atoms with Crippen molar-refractivity contribution < 1.29 is 13.9 Å². The third kappa shape index (κ3) is 2.98. The molecule has 2 aromatic heterocycles. The van der Waals surface area contributed by atoms with E-state index in [1.807, 2.05) is 19.1 Å². The Hall–Kier alpha value is -2.80. The molecule has 2 aromatic carbocycles. The number of aromatic nitrogens is 3. The summed E-state index contributed by atoms with van der Waals surface area (Å²) in [6, 6.07) is 5.64. The summed E-state index contributed by atoms with van der Waals surface area (Å²) in [6.45, 7) is 7.47. The standard InChI is InChI=1S/C20H17FN3O2S/c1-5-26-14-8-15-18(11(3)17(14)21)24-20(27-15)12-6-10(2)7-13-19(12)22-9-16(23-13)25-4/h6-9H,1,5H2,2-4H3. The van der Waals surface area contributed by atoms with Crippen LogP contribution in [0.1, 0.15) is 11.1 Å². The fourth-order valence-corrected chi connectivity index (χ4v) is 4.08. The Balaban J connectivity index is 1.96. The maximum atomic E-state index is 14.5. The number of halogens is 1. The second kappa shape index (κ2) is 6.74. The monoisotopic (exact) mass is 382 g/mol. The third-order valence-electron chi connectivity index (χ3n) is 4.28. The van der Waals surface area contributed by atoms with E-state index in [0.29, 0.717) is 17.0 Å². The lowest BCUT2D eigenvalue weighted by Gasteiger charge is -2.06. The molecule has 137 valence electrons. The zero-order valence-corrected chi connectivity index (χ0v) is 16.0. The summed E-state index contributed by atoms with van der Waals surface area (Å²) in [5, 5.41) is 0.757. The Morgan fingerprint density at radius 2 is 1.96 bits per heavy atom. The van der Waals surface area contributed by atoms with Crippen LogP contribution in [0, 0.1) is 26.6 Å². The van der Waals surface area contributed by atoms with Crippen LogP contribution >= 0.6 is 11.3 Å². The highest BCUT2D eigenvalue weighted by Crippen LogP contribution is 2.38. The van der Waals surface area contributed by atoms with Crippen LogP contribution in [0.15, 0.2) is 24.4 Å². The molecule has 0 aliphatic heterocycles. The smallest absolute Gasteiger partial charge is 0.232 e. The van der Waals surface area contributed by atoms with E-state index in [4.69, 9.17) is 9.47 Å².